The van der Waals surface area contributed by atoms with E-state index in [1.165, 1.54) is 0 Å². The van der Waals surface area contributed by atoms with Crippen LogP contribution in [0.25, 0.3) is 0 Å². The summed E-state index contributed by atoms with van der Waals surface area (Å²) in [4.78, 5) is 0. The predicted molar refractivity (Wildman–Crippen MR) is 70.4 cm³/mol. The second-order valence-electron chi connectivity index (χ2n) is 7.24. The van der Waals surface area contributed by atoms with Crippen LogP contribution in [-0.4, -0.2) is 15.5 Å². The zero-order valence-corrected chi connectivity index (χ0v) is 12.4. The Bertz CT molecular complexity index is 164. The normalized spacial score (nSPS) is 15.9. The summed E-state index contributed by atoms with van der Waals surface area (Å²) < 4.78 is 0. The molecule has 0 atom stereocenters. The lowest BCUT2D eigenvalue weighted by atomic mass is 10.2. The highest BCUT2D eigenvalue weighted by Gasteiger charge is 2.62. The SMILES string of the molecule is CC(C)(C)[P+](N)(C(C)(C)C)C(C)(C)C. The molecule has 0 aliphatic carbocycles. The van der Waals surface area contributed by atoms with E-state index in [0.29, 0.717) is 0 Å². The van der Waals surface area contributed by atoms with Crippen LogP contribution >= 0.6 is 7.41 Å². The van der Waals surface area contributed by atoms with Crippen molar-refractivity contribution >= 4 is 7.41 Å². The van der Waals surface area contributed by atoms with Crippen molar-refractivity contribution in [2.24, 2.45) is 5.50 Å². The van der Waals surface area contributed by atoms with Crippen LogP contribution in [-0.2, 0) is 0 Å². The van der Waals surface area contributed by atoms with Crippen molar-refractivity contribution in [2.45, 2.75) is 77.8 Å². The van der Waals surface area contributed by atoms with Crippen LogP contribution in [0.1, 0.15) is 62.3 Å². The first-order valence-electron chi connectivity index (χ1n) is 5.43. The van der Waals surface area contributed by atoms with Gasteiger partial charge in [0.2, 0.25) is 0 Å². The maximum Gasteiger partial charge on any atom is 0.0927 e. The first-order valence-corrected chi connectivity index (χ1v) is 7.29. The van der Waals surface area contributed by atoms with Crippen molar-refractivity contribution in [2.75, 3.05) is 0 Å². The summed E-state index contributed by atoms with van der Waals surface area (Å²) in [5.41, 5.74) is 6.84. The van der Waals surface area contributed by atoms with Crippen molar-refractivity contribution in [1.82, 2.24) is 0 Å². The van der Waals surface area contributed by atoms with E-state index in [-0.39, 0.29) is 15.5 Å². The molecule has 2 heteroatoms. The Balaban J connectivity index is 5.54. The molecule has 0 aromatic heterocycles. The summed E-state index contributed by atoms with van der Waals surface area (Å²) in [5, 5.41) is 0.635. The van der Waals surface area contributed by atoms with Gasteiger partial charge in [0.25, 0.3) is 0 Å². The van der Waals surface area contributed by atoms with Crippen molar-refractivity contribution in [1.29, 1.82) is 0 Å². The van der Waals surface area contributed by atoms with Gasteiger partial charge < -0.3 is 0 Å². The lowest BCUT2D eigenvalue weighted by Crippen LogP contribution is -2.48. The van der Waals surface area contributed by atoms with Crippen LogP contribution in [0.4, 0.5) is 0 Å². The fraction of sp³-hybridized carbons (Fsp3) is 1.00. The molecule has 1 nitrogen and oxygen atoms in total. The van der Waals surface area contributed by atoms with Crippen molar-refractivity contribution < 1.29 is 0 Å². The van der Waals surface area contributed by atoms with Gasteiger partial charge in [-0.15, -0.1) is 0 Å². The summed E-state index contributed by atoms with van der Waals surface area (Å²) in [6.07, 6.45) is 0. The second kappa shape index (κ2) is 3.46. The Kier molecular flexibility index (Phi) is 3.55. The zero-order chi connectivity index (χ0) is 12.0. The molecule has 0 radical (unpaired) electrons. The van der Waals surface area contributed by atoms with Gasteiger partial charge in [-0.2, -0.15) is 0 Å². The molecule has 0 bridgehead atoms. The smallest absolute Gasteiger partial charge is 0.0927 e. The molecule has 86 valence electrons. The largest absolute Gasteiger partial charge is 0.204 e. The Hall–Kier alpha value is 0.390. The van der Waals surface area contributed by atoms with Gasteiger partial charge in [0.15, 0.2) is 0 Å². The average Bonchev–Trinajstić information content (AvgIpc) is 1.77. The van der Waals surface area contributed by atoms with Gasteiger partial charge in [-0.3, -0.25) is 0 Å². The molecule has 0 saturated carbocycles. The Labute approximate surface area is 91.2 Å². The number of hydrogen-bond donors (Lipinski definition) is 1. The predicted octanol–water partition coefficient (Wildman–Crippen LogP) is 4.27. The van der Waals surface area contributed by atoms with E-state index in [1.54, 1.807) is 0 Å². The fourth-order valence-corrected chi connectivity index (χ4v) is 9.06. The van der Waals surface area contributed by atoms with Crippen molar-refractivity contribution in [3.63, 3.8) is 0 Å². The molecule has 0 unspecified atom stereocenters. The third-order valence-corrected chi connectivity index (χ3v) is 9.52. The van der Waals surface area contributed by atoms with Crippen molar-refractivity contribution in [3.8, 4) is 0 Å². The minimum absolute atomic E-state index is 0.212. The second-order valence-corrected chi connectivity index (χ2v) is 12.7. The van der Waals surface area contributed by atoms with Crippen LogP contribution in [0, 0.1) is 0 Å². The van der Waals surface area contributed by atoms with E-state index in [0.717, 1.165) is 0 Å². The highest BCUT2D eigenvalue weighted by atomic mass is 31.2. The molecule has 0 spiro atoms. The van der Waals surface area contributed by atoms with Crippen LogP contribution in [0.5, 0.6) is 0 Å². The van der Waals surface area contributed by atoms with Gasteiger partial charge >= 0.3 is 0 Å². The van der Waals surface area contributed by atoms with E-state index in [1.807, 2.05) is 0 Å². The van der Waals surface area contributed by atoms with E-state index >= 15 is 0 Å². The van der Waals surface area contributed by atoms with Crippen LogP contribution < -0.4 is 5.50 Å². The lowest BCUT2D eigenvalue weighted by Gasteiger charge is -2.50. The molecule has 0 amide bonds. The minimum Gasteiger partial charge on any atom is -0.204 e. The lowest BCUT2D eigenvalue weighted by molar-refractivity contribution is 0.617. The molecule has 14 heavy (non-hydrogen) atoms. The van der Waals surface area contributed by atoms with Gasteiger partial charge in [-0.25, -0.2) is 5.50 Å². The maximum absolute atomic E-state index is 6.84. The molecule has 0 aliphatic rings. The summed E-state index contributed by atoms with van der Waals surface area (Å²) in [7, 11) is -1.52. The quantitative estimate of drug-likeness (QED) is 0.604. The van der Waals surface area contributed by atoms with Gasteiger partial charge in [0, 0.05) is 0 Å². The summed E-state index contributed by atoms with van der Waals surface area (Å²) in [6.45, 7) is 20.6. The third kappa shape index (κ3) is 2.14. The highest BCUT2D eigenvalue weighted by Crippen LogP contribution is 2.77. The first kappa shape index (κ1) is 14.4. The Morgan fingerprint density at radius 2 is 0.714 bits per heavy atom. The molecule has 0 rings (SSSR count). The first-order chi connectivity index (χ1) is 5.75. The van der Waals surface area contributed by atoms with E-state index < -0.39 is 7.41 Å². The Morgan fingerprint density at radius 1 is 0.571 bits per heavy atom. The molecule has 0 heterocycles. The summed E-state index contributed by atoms with van der Waals surface area (Å²) in [6, 6.07) is 0. The van der Waals surface area contributed by atoms with Gasteiger partial charge in [-0.05, 0) is 62.3 Å². The fourth-order valence-electron chi connectivity index (χ4n) is 3.02. The maximum atomic E-state index is 6.84. The Morgan fingerprint density at radius 3 is 0.714 bits per heavy atom. The standard InChI is InChI=1S/C12H29NP/c1-10(2,3)14(13,11(4,5)6)12(7,8)9/h13H2,1-9H3/q+1. The number of nitrogens with two attached hydrogens (primary N) is 1. The summed E-state index contributed by atoms with van der Waals surface area (Å²) >= 11 is 0. The van der Waals surface area contributed by atoms with Crippen LogP contribution in [0.3, 0.4) is 0 Å². The molecule has 0 aromatic carbocycles. The highest BCUT2D eigenvalue weighted by molar-refractivity contribution is 7.77. The molecule has 0 saturated heterocycles. The number of hydrogen-bond acceptors (Lipinski definition) is 1. The molecule has 2 N–H and O–H groups in total. The van der Waals surface area contributed by atoms with Crippen molar-refractivity contribution in [3.05, 3.63) is 0 Å². The monoisotopic (exact) mass is 218 g/mol. The van der Waals surface area contributed by atoms with E-state index in [9.17, 15) is 0 Å². The minimum atomic E-state index is -1.52. The molecular formula is C12H29NP+. The molecular weight excluding hydrogens is 189 g/mol. The van der Waals surface area contributed by atoms with Crippen LogP contribution in [0.15, 0.2) is 0 Å². The molecule has 0 aliphatic heterocycles. The van der Waals surface area contributed by atoms with Gasteiger partial charge in [0.05, 0.1) is 22.9 Å². The third-order valence-electron chi connectivity index (χ3n) is 3.17. The van der Waals surface area contributed by atoms with Crippen LogP contribution in [0.2, 0.25) is 0 Å². The summed E-state index contributed by atoms with van der Waals surface area (Å²) in [5.74, 6) is 0. The molecule has 0 aromatic rings. The zero-order valence-electron chi connectivity index (χ0n) is 11.5. The average molecular weight is 218 g/mol. The van der Waals surface area contributed by atoms with Gasteiger partial charge in [0.1, 0.15) is 0 Å². The van der Waals surface area contributed by atoms with Gasteiger partial charge in [-0.1, -0.05) is 0 Å². The number of rotatable bonds is 0. The molecule has 0 fully saturated rings. The van der Waals surface area contributed by atoms with E-state index in [2.05, 4.69) is 62.3 Å². The van der Waals surface area contributed by atoms with E-state index in [4.69, 9.17) is 5.50 Å². The topological polar surface area (TPSA) is 26.0 Å².